The number of aliphatic hydroxyl groups excluding tert-OH is 1. The number of benzene rings is 3. The number of nitrogens with zero attached hydrogens (tertiary/aromatic N) is 2. The third kappa shape index (κ3) is 5.27. The Morgan fingerprint density at radius 3 is 2.44 bits per heavy atom. The van der Waals surface area contributed by atoms with Crippen molar-refractivity contribution in [3.05, 3.63) is 114 Å². The van der Waals surface area contributed by atoms with Gasteiger partial charge in [0.1, 0.15) is 5.75 Å². The highest BCUT2D eigenvalue weighted by atomic mass is 16.5. The van der Waals surface area contributed by atoms with E-state index in [0.29, 0.717) is 24.1 Å². The summed E-state index contributed by atoms with van der Waals surface area (Å²) in [4.78, 5) is 33.3. The molecular formula is C36H33BN2O6. The molecule has 8 nitrogen and oxygen atoms in total. The number of allylic oxidation sites excluding steroid dienone is 1. The lowest BCUT2D eigenvalue weighted by atomic mass is 9.58. The zero-order valence-corrected chi connectivity index (χ0v) is 24.6. The van der Waals surface area contributed by atoms with Gasteiger partial charge in [0, 0.05) is 11.6 Å². The third-order valence-electron chi connectivity index (χ3n) is 9.45. The van der Waals surface area contributed by atoms with Gasteiger partial charge in [0.05, 0.1) is 35.9 Å². The average molecular weight is 600 g/mol. The fraction of sp³-hybridized carbons (Fsp3) is 0.250. The van der Waals surface area contributed by atoms with E-state index in [9.17, 15) is 24.8 Å². The number of aliphatic hydroxyl groups is 1. The maximum Gasteiger partial charge on any atom is 0.455 e. The number of amides is 2. The smallest absolute Gasteiger partial charge is 0.455 e. The van der Waals surface area contributed by atoms with Crippen LogP contribution in [0.4, 0.5) is 5.69 Å². The van der Waals surface area contributed by atoms with Gasteiger partial charge in [0.25, 0.3) is 0 Å². The fourth-order valence-corrected chi connectivity index (χ4v) is 7.48. The summed E-state index contributed by atoms with van der Waals surface area (Å²) < 4.78 is 6.13. The molecule has 2 amide bonds. The van der Waals surface area contributed by atoms with E-state index in [1.165, 1.54) is 4.90 Å². The van der Waals surface area contributed by atoms with Crippen molar-refractivity contribution in [1.29, 1.82) is 0 Å². The van der Waals surface area contributed by atoms with Gasteiger partial charge < -0.3 is 19.9 Å². The van der Waals surface area contributed by atoms with E-state index in [0.717, 1.165) is 33.2 Å². The van der Waals surface area contributed by atoms with Gasteiger partial charge in [-0.05, 0) is 95.6 Å². The predicted octanol–water partition coefficient (Wildman–Crippen LogP) is 5.26. The zero-order chi connectivity index (χ0) is 31.1. The molecule has 1 aromatic heterocycles. The summed E-state index contributed by atoms with van der Waals surface area (Å²) in [5.74, 6) is -1.96. The Kier molecular flexibility index (Phi) is 7.83. The van der Waals surface area contributed by atoms with Crippen LogP contribution in [0, 0.1) is 17.8 Å². The van der Waals surface area contributed by atoms with Gasteiger partial charge in [-0.2, -0.15) is 0 Å². The second kappa shape index (κ2) is 12.1. The molecule has 3 aromatic carbocycles. The molecule has 226 valence electrons. The van der Waals surface area contributed by atoms with Crippen LogP contribution in [0.15, 0.2) is 102 Å². The number of hydrogen-bond acceptors (Lipinski definition) is 7. The summed E-state index contributed by atoms with van der Waals surface area (Å²) in [6.07, 6.45) is 4.70. The second-order valence-corrected chi connectivity index (χ2v) is 12.0. The van der Waals surface area contributed by atoms with Crippen molar-refractivity contribution >= 4 is 47.0 Å². The zero-order valence-electron chi connectivity index (χ0n) is 24.6. The molecule has 4 atom stereocenters. The predicted molar refractivity (Wildman–Crippen MR) is 173 cm³/mol. The molecule has 3 aliphatic rings. The van der Waals surface area contributed by atoms with Crippen molar-refractivity contribution in [1.82, 2.24) is 4.98 Å². The lowest BCUT2D eigenvalue weighted by Crippen LogP contribution is -2.46. The van der Waals surface area contributed by atoms with Crippen molar-refractivity contribution in [2.45, 2.75) is 31.7 Å². The minimum absolute atomic E-state index is 0.181. The number of anilines is 1. The highest BCUT2D eigenvalue weighted by Gasteiger charge is 2.57. The Morgan fingerprint density at radius 2 is 1.69 bits per heavy atom. The van der Waals surface area contributed by atoms with Crippen molar-refractivity contribution in [3.63, 3.8) is 0 Å². The fourth-order valence-electron chi connectivity index (χ4n) is 7.48. The quantitative estimate of drug-likeness (QED) is 0.151. The van der Waals surface area contributed by atoms with Gasteiger partial charge in [0.2, 0.25) is 11.8 Å². The van der Waals surface area contributed by atoms with Crippen LogP contribution in [-0.2, 0) is 14.2 Å². The maximum absolute atomic E-state index is 13.9. The van der Waals surface area contributed by atoms with Crippen LogP contribution in [0.25, 0.3) is 22.4 Å². The number of rotatable bonds is 7. The molecule has 2 aliphatic heterocycles. The van der Waals surface area contributed by atoms with Crippen molar-refractivity contribution in [2.75, 3.05) is 11.5 Å². The van der Waals surface area contributed by atoms with Crippen LogP contribution in [0.2, 0.25) is 6.32 Å². The molecule has 9 heteroatoms. The Hall–Kier alpha value is -4.57. The minimum atomic E-state index is -1.11. The topological polar surface area (TPSA) is 120 Å². The molecule has 2 fully saturated rings. The first-order valence-corrected chi connectivity index (χ1v) is 15.4. The number of pyridine rings is 1. The van der Waals surface area contributed by atoms with Crippen LogP contribution in [-0.4, -0.2) is 51.9 Å². The van der Waals surface area contributed by atoms with Crippen molar-refractivity contribution in [3.8, 4) is 5.75 Å². The van der Waals surface area contributed by atoms with Crippen LogP contribution >= 0.6 is 0 Å². The van der Waals surface area contributed by atoms with Crippen molar-refractivity contribution < 1.29 is 29.5 Å². The van der Waals surface area contributed by atoms with E-state index in [2.05, 4.69) is 11.1 Å². The molecule has 0 spiro atoms. The molecule has 2 saturated heterocycles. The van der Waals surface area contributed by atoms with Crippen LogP contribution < -0.4 is 4.90 Å². The lowest BCUT2D eigenvalue weighted by Gasteiger charge is -2.42. The van der Waals surface area contributed by atoms with E-state index in [-0.39, 0.29) is 36.9 Å². The number of phenols is 1. The minimum Gasteiger partial charge on any atom is -0.507 e. The molecule has 0 radical (unpaired) electrons. The van der Waals surface area contributed by atoms with E-state index < -0.39 is 31.0 Å². The van der Waals surface area contributed by atoms with E-state index in [4.69, 9.17) is 4.65 Å². The van der Waals surface area contributed by atoms with Crippen LogP contribution in [0.1, 0.15) is 30.5 Å². The summed E-state index contributed by atoms with van der Waals surface area (Å²) in [6.45, 7) is -0.250. The van der Waals surface area contributed by atoms with Gasteiger partial charge in [-0.15, -0.1) is 0 Å². The number of carbonyl (C=O) groups excluding carboxylic acids is 2. The Morgan fingerprint density at radius 1 is 0.933 bits per heavy atom. The molecule has 0 saturated carbocycles. The number of para-hydroxylation sites is 1. The first kappa shape index (κ1) is 29.2. The van der Waals surface area contributed by atoms with E-state index in [1.807, 2.05) is 54.6 Å². The number of imide groups is 1. The number of carbonyl (C=O) groups is 2. The average Bonchev–Trinajstić information content (AvgIpc) is 3.33. The molecule has 3 heterocycles. The first-order chi connectivity index (χ1) is 21.9. The lowest BCUT2D eigenvalue weighted by molar-refractivity contribution is -0.122. The largest absolute Gasteiger partial charge is 0.507 e. The van der Waals surface area contributed by atoms with Gasteiger partial charge in [0.15, 0.2) is 0 Å². The molecule has 0 unspecified atom stereocenters. The molecule has 45 heavy (non-hydrogen) atoms. The van der Waals surface area contributed by atoms with Gasteiger partial charge in [-0.3, -0.25) is 19.5 Å². The number of fused-ring (bicyclic) bond motifs is 4. The van der Waals surface area contributed by atoms with E-state index >= 15 is 0 Å². The number of aromatic hydroxyl groups is 1. The maximum atomic E-state index is 13.9. The highest BCUT2D eigenvalue weighted by molar-refractivity contribution is 6.43. The molecule has 3 N–H and O–H groups in total. The molecule has 4 aromatic rings. The van der Waals surface area contributed by atoms with Gasteiger partial charge >= 0.3 is 7.12 Å². The summed E-state index contributed by atoms with van der Waals surface area (Å²) in [7, 11) is -1.11. The Bertz CT molecular complexity index is 1830. The van der Waals surface area contributed by atoms with Gasteiger partial charge in [-0.1, -0.05) is 54.6 Å². The van der Waals surface area contributed by atoms with Crippen LogP contribution in [0.3, 0.4) is 0 Å². The third-order valence-corrected chi connectivity index (χ3v) is 9.45. The molecule has 0 bridgehead atoms. The first-order valence-electron chi connectivity index (χ1n) is 15.4. The van der Waals surface area contributed by atoms with Crippen LogP contribution in [0.5, 0.6) is 5.75 Å². The standard InChI is InChI=1S/C36H33BN2O6/c40-21-24-19-28-34(36(43)39(35(28)42)25-8-2-1-3-9-25)29-20-37(44)45-32(33(24)29)16-14-23(30-12-6-7-17-38-30)18-22-13-15-31(41)27-11-5-4-10-26(22)27/h1-13,15,17-18,28-29,32,34,40-41,44H,14,16,19-21H2/b23-18-/t28-,29+,32-,34-/m1/s1. The molecule has 1 aliphatic carbocycles. The van der Waals surface area contributed by atoms with Crippen molar-refractivity contribution in [2.24, 2.45) is 17.8 Å². The Labute approximate surface area is 261 Å². The Balaban J connectivity index is 1.23. The summed E-state index contributed by atoms with van der Waals surface area (Å²) in [6, 6.07) is 25.9. The normalized spacial score (nSPS) is 23.5. The number of aromatic nitrogens is 1. The summed E-state index contributed by atoms with van der Waals surface area (Å²) in [5.41, 5.74) is 4.73. The number of hydrogen-bond donors (Lipinski definition) is 3. The monoisotopic (exact) mass is 600 g/mol. The summed E-state index contributed by atoms with van der Waals surface area (Å²) >= 11 is 0. The molecule has 7 rings (SSSR count). The van der Waals surface area contributed by atoms with Gasteiger partial charge in [-0.25, -0.2) is 0 Å². The number of phenolic OH excluding ortho intramolecular Hbond substituents is 1. The molecular weight excluding hydrogens is 567 g/mol. The summed E-state index contributed by atoms with van der Waals surface area (Å²) in [5, 5.41) is 33.5. The van der Waals surface area contributed by atoms with E-state index in [1.54, 1.807) is 36.5 Å². The SMILES string of the molecule is O=C1[C@@H]2[C@@H](CC(CO)=C3[C@@H](CC/C(=C/c4ccc(O)c5ccccc45)c4ccccn4)OB(O)C[C@@H]32)C(=O)N1c1ccccc1. The highest BCUT2D eigenvalue weighted by Crippen LogP contribution is 2.51. The second-order valence-electron chi connectivity index (χ2n) is 12.0.